The smallest absolute Gasteiger partial charge is 0.194 e. The molecule has 158 valence electrons. The normalized spacial score (nSPS) is 17.6. The van der Waals surface area contributed by atoms with Crippen LogP contribution in [-0.2, 0) is 23.1 Å². The number of hydrogen-bond acceptors (Lipinski definition) is 5. The zero-order chi connectivity index (χ0) is 20.8. The third-order valence-electron chi connectivity index (χ3n) is 5.28. The van der Waals surface area contributed by atoms with Gasteiger partial charge in [0.25, 0.3) is 0 Å². The van der Waals surface area contributed by atoms with Gasteiger partial charge in [0.15, 0.2) is 11.8 Å². The summed E-state index contributed by atoms with van der Waals surface area (Å²) >= 11 is 0. The Balaban J connectivity index is 1.76. The molecule has 1 aliphatic rings. The molecular formula is C21H32N6O2. The van der Waals surface area contributed by atoms with Crippen LogP contribution in [0.5, 0.6) is 0 Å². The summed E-state index contributed by atoms with van der Waals surface area (Å²) in [6, 6.07) is 6.53. The van der Waals surface area contributed by atoms with Crippen molar-refractivity contribution >= 4 is 5.96 Å². The number of aryl methyl sites for hydroxylation is 3. The van der Waals surface area contributed by atoms with E-state index < -0.39 is 0 Å². The van der Waals surface area contributed by atoms with Crippen molar-refractivity contribution in [2.75, 3.05) is 40.0 Å². The molecule has 1 aromatic heterocycles. The number of methoxy groups -OCH3 is 1. The molecule has 0 spiro atoms. The topological polar surface area (TPSA) is 76.8 Å². The molecule has 8 heteroatoms. The molecule has 2 heterocycles. The van der Waals surface area contributed by atoms with E-state index in [0.717, 1.165) is 30.7 Å². The Hall–Kier alpha value is -2.45. The highest BCUT2D eigenvalue weighted by Gasteiger charge is 2.25. The van der Waals surface area contributed by atoms with E-state index in [4.69, 9.17) is 14.5 Å². The number of nitrogens with zero attached hydrogens (tertiary/aromatic N) is 5. The summed E-state index contributed by atoms with van der Waals surface area (Å²) in [6.45, 7) is 10.2. The fraction of sp³-hybridized carbons (Fsp3) is 0.571. The molecule has 0 bridgehead atoms. The van der Waals surface area contributed by atoms with Gasteiger partial charge in [-0.2, -0.15) is 0 Å². The van der Waals surface area contributed by atoms with Crippen LogP contribution in [0.3, 0.4) is 0 Å². The lowest BCUT2D eigenvalue weighted by molar-refractivity contribution is -0.00846. The van der Waals surface area contributed by atoms with Crippen molar-refractivity contribution in [3.8, 4) is 0 Å². The maximum Gasteiger partial charge on any atom is 0.194 e. The summed E-state index contributed by atoms with van der Waals surface area (Å²) in [5.74, 6) is 2.57. The van der Waals surface area contributed by atoms with E-state index in [-0.39, 0.29) is 6.10 Å². The average molecular weight is 401 g/mol. The molecule has 0 saturated carbocycles. The second-order valence-corrected chi connectivity index (χ2v) is 7.45. The van der Waals surface area contributed by atoms with E-state index in [1.54, 1.807) is 7.11 Å². The molecule has 0 radical (unpaired) electrons. The van der Waals surface area contributed by atoms with E-state index in [1.165, 1.54) is 16.7 Å². The highest BCUT2D eigenvalue weighted by Crippen LogP contribution is 2.26. The van der Waals surface area contributed by atoms with Gasteiger partial charge in [0, 0.05) is 27.2 Å². The number of benzene rings is 1. The Labute approximate surface area is 172 Å². The van der Waals surface area contributed by atoms with Gasteiger partial charge in [0.1, 0.15) is 18.5 Å². The highest BCUT2D eigenvalue weighted by atomic mass is 16.5. The van der Waals surface area contributed by atoms with Crippen LogP contribution in [0.25, 0.3) is 0 Å². The number of hydrogen-bond donors (Lipinski definition) is 1. The van der Waals surface area contributed by atoms with Crippen LogP contribution in [0.1, 0.15) is 34.4 Å². The largest absolute Gasteiger partial charge is 0.383 e. The van der Waals surface area contributed by atoms with Crippen molar-refractivity contribution in [3.05, 3.63) is 46.5 Å². The van der Waals surface area contributed by atoms with Crippen LogP contribution in [0.2, 0.25) is 0 Å². The molecule has 1 aliphatic heterocycles. The molecule has 1 N–H and O–H groups in total. The van der Waals surface area contributed by atoms with Crippen molar-refractivity contribution in [2.24, 2.45) is 12.0 Å². The number of aromatic nitrogens is 3. The van der Waals surface area contributed by atoms with Gasteiger partial charge in [-0.15, -0.1) is 10.2 Å². The molecule has 1 unspecified atom stereocenters. The molecule has 1 aromatic carbocycles. The van der Waals surface area contributed by atoms with E-state index in [9.17, 15) is 0 Å². The molecule has 1 saturated heterocycles. The minimum absolute atomic E-state index is 0.0239. The molecule has 0 amide bonds. The molecular weight excluding hydrogens is 368 g/mol. The molecule has 1 fully saturated rings. The zero-order valence-electron chi connectivity index (χ0n) is 18.1. The van der Waals surface area contributed by atoms with Gasteiger partial charge < -0.3 is 24.3 Å². The van der Waals surface area contributed by atoms with Crippen LogP contribution >= 0.6 is 0 Å². The van der Waals surface area contributed by atoms with E-state index >= 15 is 0 Å². The Morgan fingerprint density at radius 3 is 2.83 bits per heavy atom. The molecule has 29 heavy (non-hydrogen) atoms. The van der Waals surface area contributed by atoms with Crippen LogP contribution in [0.15, 0.2) is 23.2 Å². The maximum absolute atomic E-state index is 6.10. The van der Waals surface area contributed by atoms with Gasteiger partial charge in [-0.1, -0.05) is 23.8 Å². The second kappa shape index (κ2) is 9.84. The summed E-state index contributed by atoms with van der Waals surface area (Å²) in [4.78, 5) is 7.08. The third kappa shape index (κ3) is 5.33. The van der Waals surface area contributed by atoms with Gasteiger partial charge in [-0.25, -0.2) is 4.99 Å². The van der Waals surface area contributed by atoms with Crippen molar-refractivity contribution in [1.29, 1.82) is 0 Å². The first kappa shape index (κ1) is 21.3. The van der Waals surface area contributed by atoms with E-state index in [0.29, 0.717) is 26.3 Å². The van der Waals surface area contributed by atoms with E-state index in [1.807, 2.05) is 18.5 Å². The fourth-order valence-corrected chi connectivity index (χ4v) is 3.48. The lowest BCUT2D eigenvalue weighted by Gasteiger charge is -2.36. The van der Waals surface area contributed by atoms with Crippen LogP contribution < -0.4 is 5.32 Å². The van der Waals surface area contributed by atoms with Crippen molar-refractivity contribution in [2.45, 2.75) is 33.4 Å². The Bertz CT molecular complexity index is 848. The van der Waals surface area contributed by atoms with Crippen molar-refractivity contribution in [3.63, 3.8) is 0 Å². The van der Waals surface area contributed by atoms with Crippen LogP contribution in [0, 0.1) is 20.8 Å². The van der Waals surface area contributed by atoms with Crippen LogP contribution in [-0.4, -0.2) is 65.6 Å². The SMILES string of the molecule is COCCNC(=NCc1nnc(C)n1C)N1CCOC(c2ccc(C)cc2C)C1. The first-order valence-electron chi connectivity index (χ1n) is 10.1. The number of aliphatic imine (C=N–C) groups is 1. The predicted molar refractivity (Wildman–Crippen MR) is 113 cm³/mol. The predicted octanol–water partition coefficient (Wildman–Crippen LogP) is 1.91. The Morgan fingerprint density at radius 1 is 1.31 bits per heavy atom. The second-order valence-electron chi connectivity index (χ2n) is 7.45. The van der Waals surface area contributed by atoms with Gasteiger partial charge >= 0.3 is 0 Å². The monoisotopic (exact) mass is 400 g/mol. The summed E-state index contributed by atoms with van der Waals surface area (Å²) in [7, 11) is 3.66. The first-order valence-corrected chi connectivity index (χ1v) is 10.1. The highest BCUT2D eigenvalue weighted by molar-refractivity contribution is 5.80. The number of morpholine rings is 1. The van der Waals surface area contributed by atoms with Gasteiger partial charge in [0.05, 0.1) is 19.8 Å². The first-order chi connectivity index (χ1) is 14.0. The molecule has 8 nitrogen and oxygen atoms in total. The number of guanidine groups is 1. The molecule has 0 aliphatic carbocycles. The van der Waals surface area contributed by atoms with Crippen molar-refractivity contribution < 1.29 is 9.47 Å². The van der Waals surface area contributed by atoms with Crippen LogP contribution in [0.4, 0.5) is 0 Å². The summed E-state index contributed by atoms with van der Waals surface area (Å²) in [6.07, 6.45) is 0.0239. The zero-order valence-corrected chi connectivity index (χ0v) is 18.1. The number of rotatable bonds is 6. The number of nitrogens with one attached hydrogen (secondary N) is 1. The summed E-state index contributed by atoms with van der Waals surface area (Å²) in [5.41, 5.74) is 3.76. The summed E-state index contributed by atoms with van der Waals surface area (Å²) < 4.78 is 13.3. The standard InChI is InChI=1S/C21H32N6O2/c1-15-6-7-18(16(2)12-15)19-14-27(9-11-29-19)21(22-8-10-28-5)23-13-20-25-24-17(3)26(20)4/h6-7,12,19H,8-11,13-14H2,1-5H3,(H,22,23). The van der Waals surface area contributed by atoms with Gasteiger partial charge in [0.2, 0.25) is 0 Å². The van der Waals surface area contributed by atoms with E-state index in [2.05, 4.69) is 52.5 Å². The fourth-order valence-electron chi connectivity index (χ4n) is 3.48. The van der Waals surface area contributed by atoms with Gasteiger partial charge in [-0.3, -0.25) is 0 Å². The number of ether oxygens (including phenoxy) is 2. The van der Waals surface area contributed by atoms with Gasteiger partial charge in [-0.05, 0) is 31.9 Å². The molecule has 2 aromatic rings. The van der Waals surface area contributed by atoms with Crippen molar-refractivity contribution in [1.82, 2.24) is 25.0 Å². The quantitative estimate of drug-likeness (QED) is 0.453. The lowest BCUT2D eigenvalue weighted by atomic mass is 10.00. The minimum Gasteiger partial charge on any atom is -0.383 e. The Morgan fingerprint density at radius 2 is 2.14 bits per heavy atom. The lowest BCUT2D eigenvalue weighted by Crippen LogP contribution is -2.49. The Kier molecular flexibility index (Phi) is 7.22. The summed E-state index contributed by atoms with van der Waals surface area (Å²) in [5, 5.41) is 11.8. The maximum atomic E-state index is 6.10. The molecule has 1 atom stereocenters. The third-order valence-corrected chi connectivity index (χ3v) is 5.28. The average Bonchev–Trinajstić information content (AvgIpc) is 3.03. The molecule has 3 rings (SSSR count). The minimum atomic E-state index is 0.0239.